The van der Waals surface area contributed by atoms with Crippen molar-refractivity contribution in [1.82, 2.24) is 4.90 Å². The summed E-state index contributed by atoms with van der Waals surface area (Å²) in [6.07, 6.45) is 4.34. The van der Waals surface area contributed by atoms with Crippen LogP contribution in [0.3, 0.4) is 0 Å². The highest BCUT2D eigenvalue weighted by atomic mass is 32.1. The number of carboxylic acids is 1. The van der Waals surface area contributed by atoms with Crippen LogP contribution in [0.2, 0.25) is 0 Å². The second-order valence-corrected chi connectivity index (χ2v) is 4.18. The Bertz CT molecular complexity index is 256. The molecule has 0 aromatic heterocycles. The first-order valence-corrected chi connectivity index (χ1v) is 5.90. The van der Waals surface area contributed by atoms with Crippen molar-refractivity contribution in [3.63, 3.8) is 0 Å². The van der Waals surface area contributed by atoms with E-state index in [-0.39, 0.29) is 5.75 Å². The maximum Gasteiger partial charge on any atom is 0.329 e. The van der Waals surface area contributed by atoms with Crippen molar-refractivity contribution >= 4 is 24.4 Å². The van der Waals surface area contributed by atoms with Crippen LogP contribution in [0.4, 0.5) is 0 Å². The fourth-order valence-corrected chi connectivity index (χ4v) is 1.88. The highest BCUT2D eigenvalue weighted by Gasteiger charge is 2.17. The van der Waals surface area contributed by atoms with Gasteiger partial charge < -0.3 is 10.0 Å². The first kappa shape index (κ1) is 12.4. The van der Waals surface area contributed by atoms with E-state index in [1.54, 1.807) is 0 Å². The lowest BCUT2D eigenvalue weighted by molar-refractivity contribution is -0.137. The molecule has 0 aromatic carbocycles. The highest BCUT2D eigenvalue weighted by Crippen LogP contribution is 2.12. The Hall–Kier alpha value is -0.710. The molecule has 1 aliphatic heterocycles. The molecule has 1 unspecified atom stereocenters. The Kier molecular flexibility index (Phi) is 4.94. The second kappa shape index (κ2) is 6.00. The number of rotatable bonds is 3. The summed E-state index contributed by atoms with van der Waals surface area (Å²) in [5.74, 6) is 0.274. The van der Waals surface area contributed by atoms with Crippen LogP contribution in [0, 0.1) is 0 Å². The molecule has 1 aliphatic rings. The fourth-order valence-electron chi connectivity index (χ4n) is 1.65. The van der Waals surface area contributed by atoms with Crippen LogP contribution in [0.15, 0.2) is 4.99 Å². The molecule has 1 atom stereocenters. The van der Waals surface area contributed by atoms with E-state index in [2.05, 4.69) is 22.5 Å². The minimum atomic E-state index is -0.893. The molecular formula is C10H18N2O2S. The molecule has 1 saturated heterocycles. The van der Waals surface area contributed by atoms with Gasteiger partial charge in [-0.3, -0.25) is 4.99 Å². The van der Waals surface area contributed by atoms with Crippen LogP contribution < -0.4 is 0 Å². The normalized spacial score (nSPS) is 22.5. The van der Waals surface area contributed by atoms with Crippen LogP contribution in [0.1, 0.15) is 25.7 Å². The van der Waals surface area contributed by atoms with Crippen molar-refractivity contribution in [3.05, 3.63) is 0 Å². The van der Waals surface area contributed by atoms with Crippen molar-refractivity contribution in [2.75, 3.05) is 19.3 Å². The molecule has 0 aliphatic carbocycles. The number of carboxylic acid groups (broad SMARTS) is 1. The third-order valence-corrected chi connectivity index (χ3v) is 2.94. The standard InChI is InChI=1S/C10H18N2O2S/c1-12-6-4-2-3-5-9(12)11-8(7-15)10(13)14/h8,15H,2-7H2,1H3,(H,13,14). The topological polar surface area (TPSA) is 52.9 Å². The molecule has 0 amide bonds. The van der Waals surface area contributed by atoms with E-state index in [1.165, 1.54) is 6.42 Å². The molecule has 86 valence electrons. The smallest absolute Gasteiger partial charge is 0.329 e. The molecule has 1 heterocycles. The summed E-state index contributed by atoms with van der Waals surface area (Å²) in [5.41, 5.74) is 0. The predicted octanol–water partition coefficient (Wildman–Crippen LogP) is 1.27. The van der Waals surface area contributed by atoms with Gasteiger partial charge in [-0.1, -0.05) is 6.42 Å². The molecule has 0 bridgehead atoms. The number of carbonyl (C=O) groups is 1. The predicted molar refractivity (Wildman–Crippen MR) is 63.8 cm³/mol. The molecular weight excluding hydrogens is 212 g/mol. The number of likely N-dealkylation sites (tertiary alicyclic amines) is 1. The molecule has 0 saturated carbocycles. The number of thiol groups is 1. The average molecular weight is 230 g/mol. The number of nitrogens with zero attached hydrogens (tertiary/aromatic N) is 2. The Morgan fingerprint density at radius 2 is 2.33 bits per heavy atom. The van der Waals surface area contributed by atoms with Gasteiger partial charge in [-0.2, -0.15) is 12.6 Å². The van der Waals surface area contributed by atoms with E-state index in [0.29, 0.717) is 0 Å². The van der Waals surface area contributed by atoms with Crippen molar-refractivity contribution in [1.29, 1.82) is 0 Å². The summed E-state index contributed by atoms with van der Waals surface area (Å²) in [4.78, 5) is 17.1. The minimum absolute atomic E-state index is 0.257. The largest absolute Gasteiger partial charge is 0.480 e. The average Bonchev–Trinajstić information content (AvgIpc) is 2.39. The zero-order valence-electron chi connectivity index (χ0n) is 9.02. The second-order valence-electron chi connectivity index (χ2n) is 3.81. The number of hydrogen-bond donors (Lipinski definition) is 2. The molecule has 5 heteroatoms. The van der Waals surface area contributed by atoms with Gasteiger partial charge in [-0.05, 0) is 12.8 Å². The van der Waals surface area contributed by atoms with E-state index in [0.717, 1.165) is 31.6 Å². The fraction of sp³-hybridized carbons (Fsp3) is 0.800. The Morgan fingerprint density at radius 3 is 2.93 bits per heavy atom. The first-order valence-electron chi connectivity index (χ1n) is 5.26. The summed E-state index contributed by atoms with van der Waals surface area (Å²) in [6, 6.07) is -0.705. The van der Waals surface area contributed by atoms with E-state index in [1.807, 2.05) is 7.05 Å². The lowest BCUT2D eigenvalue weighted by Gasteiger charge is -2.19. The molecule has 1 rings (SSSR count). The molecule has 15 heavy (non-hydrogen) atoms. The summed E-state index contributed by atoms with van der Waals surface area (Å²) < 4.78 is 0. The molecule has 1 N–H and O–H groups in total. The van der Waals surface area contributed by atoms with E-state index in [9.17, 15) is 4.79 Å². The molecule has 1 fully saturated rings. The first-order chi connectivity index (χ1) is 7.15. The van der Waals surface area contributed by atoms with Crippen LogP contribution in [-0.2, 0) is 4.79 Å². The monoisotopic (exact) mass is 230 g/mol. The molecule has 0 spiro atoms. The maximum absolute atomic E-state index is 10.8. The number of hydrogen-bond acceptors (Lipinski definition) is 3. The summed E-state index contributed by atoms with van der Waals surface area (Å²) in [6.45, 7) is 0.970. The molecule has 4 nitrogen and oxygen atoms in total. The van der Waals surface area contributed by atoms with Crippen LogP contribution in [-0.4, -0.2) is 47.2 Å². The molecule has 0 radical (unpaired) electrons. The number of amidine groups is 1. The van der Waals surface area contributed by atoms with E-state index in [4.69, 9.17) is 5.11 Å². The zero-order chi connectivity index (χ0) is 11.3. The van der Waals surface area contributed by atoms with Crippen LogP contribution in [0.5, 0.6) is 0 Å². The van der Waals surface area contributed by atoms with Crippen molar-refractivity contribution in [3.8, 4) is 0 Å². The van der Waals surface area contributed by atoms with Gasteiger partial charge in [0.1, 0.15) is 0 Å². The Labute approximate surface area is 95.8 Å². The van der Waals surface area contributed by atoms with Crippen molar-refractivity contribution in [2.24, 2.45) is 4.99 Å². The molecule has 0 aromatic rings. The minimum Gasteiger partial charge on any atom is -0.480 e. The van der Waals surface area contributed by atoms with Crippen LogP contribution >= 0.6 is 12.6 Å². The highest BCUT2D eigenvalue weighted by molar-refractivity contribution is 7.80. The number of aliphatic carboxylic acids is 1. The van der Waals surface area contributed by atoms with Crippen molar-refractivity contribution in [2.45, 2.75) is 31.7 Å². The third-order valence-electron chi connectivity index (χ3n) is 2.60. The summed E-state index contributed by atoms with van der Waals surface area (Å²) in [5, 5.41) is 8.89. The third kappa shape index (κ3) is 3.74. The van der Waals surface area contributed by atoms with E-state index >= 15 is 0 Å². The SMILES string of the molecule is CN1CCCCCC1=NC(CS)C(=O)O. The zero-order valence-corrected chi connectivity index (χ0v) is 9.91. The van der Waals surface area contributed by atoms with Gasteiger partial charge in [0, 0.05) is 25.8 Å². The Morgan fingerprint density at radius 1 is 1.60 bits per heavy atom. The lowest BCUT2D eigenvalue weighted by atomic mass is 10.2. The summed E-state index contributed by atoms with van der Waals surface area (Å²) in [7, 11) is 1.97. The van der Waals surface area contributed by atoms with Gasteiger partial charge >= 0.3 is 5.97 Å². The van der Waals surface area contributed by atoms with Gasteiger partial charge in [-0.15, -0.1) is 0 Å². The van der Waals surface area contributed by atoms with E-state index < -0.39 is 12.0 Å². The van der Waals surface area contributed by atoms with Gasteiger partial charge in [0.05, 0.1) is 5.84 Å². The maximum atomic E-state index is 10.8. The van der Waals surface area contributed by atoms with Gasteiger partial charge in [0.25, 0.3) is 0 Å². The van der Waals surface area contributed by atoms with Gasteiger partial charge in [0.15, 0.2) is 6.04 Å². The lowest BCUT2D eigenvalue weighted by Crippen LogP contribution is -2.30. The summed E-state index contributed by atoms with van der Waals surface area (Å²) >= 11 is 4.00. The van der Waals surface area contributed by atoms with Gasteiger partial charge in [-0.25, -0.2) is 4.79 Å². The van der Waals surface area contributed by atoms with Crippen molar-refractivity contribution < 1.29 is 9.90 Å². The Balaban J connectivity index is 2.72. The number of aliphatic imine (C=N–C) groups is 1. The van der Waals surface area contributed by atoms with Gasteiger partial charge in [0.2, 0.25) is 0 Å². The van der Waals surface area contributed by atoms with Crippen LogP contribution in [0.25, 0.3) is 0 Å². The quantitative estimate of drug-likeness (QED) is 0.718.